The third-order valence-electron chi connectivity index (χ3n) is 4.42. The molecule has 0 aliphatic heterocycles. The Hall–Kier alpha value is -1.12. The van der Waals surface area contributed by atoms with Crippen molar-refractivity contribution in [2.75, 3.05) is 0 Å². The first-order valence-electron chi connectivity index (χ1n) is 7.20. The van der Waals surface area contributed by atoms with Crippen LogP contribution in [0.5, 0.6) is 0 Å². The summed E-state index contributed by atoms with van der Waals surface area (Å²) in [6, 6.07) is 0. The summed E-state index contributed by atoms with van der Waals surface area (Å²) in [5.74, 6) is 0.445. The Morgan fingerprint density at radius 3 is 2.68 bits per heavy atom. The number of esters is 1. The first-order valence-corrected chi connectivity index (χ1v) is 7.20. The lowest BCUT2D eigenvalue weighted by atomic mass is 9.64. The Morgan fingerprint density at radius 1 is 1.42 bits per heavy atom. The van der Waals surface area contributed by atoms with Gasteiger partial charge in [-0.1, -0.05) is 13.0 Å². The number of ether oxygens (including phenoxy) is 1. The van der Waals surface area contributed by atoms with Crippen LogP contribution >= 0.6 is 0 Å². The van der Waals surface area contributed by atoms with Gasteiger partial charge in [-0.2, -0.15) is 0 Å². The van der Waals surface area contributed by atoms with Gasteiger partial charge in [-0.05, 0) is 52.4 Å². The van der Waals surface area contributed by atoms with Crippen LogP contribution in [0.3, 0.4) is 0 Å². The van der Waals surface area contributed by atoms with Gasteiger partial charge in [0.2, 0.25) is 0 Å². The molecule has 0 aromatic rings. The summed E-state index contributed by atoms with van der Waals surface area (Å²) in [6.07, 6.45) is 5.95. The van der Waals surface area contributed by atoms with Gasteiger partial charge in [0, 0.05) is 17.4 Å². The molecule has 3 nitrogen and oxygen atoms in total. The second kappa shape index (κ2) is 4.77. The van der Waals surface area contributed by atoms with Crippen molar-refractivity contribution in [1.82, 2.24) is 0 Å². The summed E-state index contributed by atoms with van der Waals surface area (Å²) in [6.45, 7) is 7.74. The lowest BCUT2D eigenvalue weighted by Crippen LogP contribution is -2.39. The van der Waals surface area contributed by atoms with Crippen molar-refractivity contribution in [2.24, 2.45) is 11.3 Å². The second-order valence-corrected chi connectivity index (χ2v) is 6.98. The number of allylic oxidation sites excluding steroid dienone is 1. The minimum absolute atomic E-state index is 0.255. The van der Waals surface area contributed by atoms with E-state index in [1.165, 1.54) is 0 Å². The van der Waals surface area contributed by atoms with E-state index in [0.717, 1.165) is 12.8 Å². The summed E-state index contributed by atoms with van der Waals surface area (Å²) in [5.41, 5.74) is -0.0996. The molecule has 19 heavy (non-hydrogen) atoms. The van der Waals surface area contributed by atoms with Crippen LogP contribution in [0.15, 0.2) is 11.6 Å². The molecule has 0 radical (unpaired) electrons. The molecule has 1 fully saturated rings. The number of carbonyl (C=O) groups is 2. The fraction of sp³-hybridized carbons (Fsp3) is 0.750. The summed E-state index contributed by atoms with van der Waals surface area (Å²) in [5, 5.41) is 0. The number of Topliss-reactive ketones (excluding diaryl/α,β-unsaturated/α-hetero) is 1. The van der Waals surface area contributed by atoms with E-state index in [0.29, 0.717) is 36.5 Å². The van der Waals surface area contributed by atoms with E-state index in [1.54, 1.807) is 0 Å². The first kappa shape index (κ1) is 14.3. The molecule has 0 unspecified atom stereocenters. The number of hydrogen-bond donors (Lipinski definition) is 0. The molecular formula is C16H24O3. The van der Waals surface area contributed by atoms with E-state index in [1.807, 2.05) is 26.8 Å². The van der Waals surface area contributed by atoms with E-state index >= 15 is 0 Å². The van der Waals surface area contributed by atoms with Crippen LogP contribution in [0, 0.1) is 11.3 Å². The van der Waals surface area contributed by atoms with Crippen LogP contribution in [-0.4, -0.2) is 17.4 Å². The quantitative estimate of drug-likeness (QED) is 0.681. The van der Waals surface area contributed by atoms with Crippen LogP contribution in [0.2, 0.25) is 0 Å². The molecule has 0 aromatic heterocycles. The predicted molar refractivity (Wildman–Crippen MR) is 73.6 cm³/mol. The molecule has 0 N–H and O–H groups in total. The van der Waals surface area contributed by atoms with E-state index in [4.69, 9.17) is 4.74 Å². The molecule has 2 aliphatic rings. The van der Waals surface area contributed by atoms with Crippen molar-refractivity contribution in [3.05, 3.63) is 11.6 Å². The largest absolute Gasteiger partial charge is 0.457 e. The smallest absolute Gasteiger partial charge is 0.334 e. The van der Waals surface area contributed by atoms with Gasteiger partial charge >= 0.3 is 5.97 Å². The molecule has 2 atom stereocenters. The van der Waals surface area contributed by atoms with E-state index in [-0.39, 0.29) is 11.4 Å². The van der Waals surface area contributed by atoms with Crippen molar-refractivity contribution in [2.45, 2.75) is 65.4 Å². The van der Waals surface area contributed by atoms with E-state index in [2.05, 4.69) is 6.92 Å². The molecule has 0 saturated heterocycles. The van der Waals surface area contributed by atoms with E-state index < -0.39 is 5.60 Å². The predicted octanol–water partition coefficient (Wildman–Crippen LogP) is 3.42. The number of rotatable bonds is 1. The Morgan fingerprint density at radius 2 is 2.11 bits per heavy atom. The maximum absolute atomic E-state index is 12.3. The maximum atomic E-state index is 12.3. The van der Waals surface area contributed by atoms with Gasteiger partial charge in [0.15, 0.2) is 0 Å². The highest BCUT2D eigenvalue weighted by molar-refractivity contribution is 5.94. The molecule has 1 spiro atoms. The van der Waals surface area contributed by atoms with Gasteiger partial charge in [0.05, 0.1) is 0 Å². The van der Waals surface area contributed by atoms with Crippen LogP contribution in [0.4, 0.5) is 0 Å². The summed E-state index contributed by atoms with van der Waals surface area (Å²) < 4.78 is 5.41. The monoisotopic (exact) mass is 264 g/mol. The van der Waals surface area contributed by atoms with Crippen molar-refractivity contribution < 1.29 is 14.3 Å². The van der Waals surface area contributed by atoms with Gasteiger partial charge in [-0.15, -0.1) is 0 Å². The molecule has 0 heterocycles. The van der Waals surface area contributed by atoms with Gasteiger partial charge < -0.3 is 4.74 Å². The Kier molecular flexibility index (Phi) is 3.59. The molecule has 0 aromatic carbocycles. The highest BCUT2D eigenvalue weighted by Gasteiger charge is 2.48. The Bertz CT molecular complexity index is 428. The van der Waals surface area contributed by atoms with Gasteiger partial charge in [0.25, 0.3) is 0 Å². The van der Waals surface area contributed by atoms with E-state index in [9.17, 15) is 9.59 Å². The summed E-state index contributed by atoms with van der Waals surface area (Å²) in [4.78, 5) is 24.4. The average molecular weight is 264 g/mol. The molecule has 1 saturated carbocycles. The fourth-order valence-electron chi connectivity index (χ4n) is 3.25. The van der Waals surface area contributed by atoms with Crippen LogP contribution in [0.25, 0.3) is 0 Å². The third-order valence-corrected chi connectivity index (χ3v) is 4.42. The molecule has 2 aliphatic carbocycles. The SMILES string of the molecule is C[C@H]1CCCC(=O)[C@@]12CC=C(C(=O)OC(C)(C)C)C2. The zero-order chi connectivity index (χ0) is 14.3. The molecular weight excluding hydrogens is 240 g/mol. The zero-order valence-corrected chi connectivity index (χ0v) is 12.4. The standard InChI is InChI=1S/C16H24O3/c1-11-6-5-7-13(17)16(11)9-8-12(10-16)14(18)19-15(2,3)4/h8,11H,5-7,9-10H2,1-4H3/t11-,16+/m0/s1. The third kappa shape index (κ3) is 2.75. The van der Waals surface area contributed by atoms with Crippen LogP contribution in [0.1, 0.15) is 59.8 Å². The highest BCUT2D eigenvalue weighted by atomic mass is 16.6. The summed E-state index contributed by atoms with van der Waals surface area (Å²) >= 11 is 0. The molecule has 106 valence electrons. The lowest BCUT2D eigenvalue weighted by molar-refractivity contribution is -0.150. The molecule has 3 heteroatoms. The Balaban J connectivity index is 2.09. The lowest BCUT2D eigenvalue weighted by Gasteiger charge is -2.38. The maximum Gasteiger partial charge on any atom is 0.334 e. The molecule has 2 rings (SSSR count). The highest BCUT2D eigenvalue weighted by Crippen LogP contribution is 2.50. The topological polar surface area (TPSA) is 43.4 Å². The number of carbonyl (C=O) groups excluding carboxylic acids is 2. The normalized spacial score (nSPS) is 31.5. The summed E-state index contributed by atoms with van der Waals surface area (Å²) in [7, 11) is 0. The number of hydrogen-bond acceptors (Lipinski definition) is 3. The van der Waals surface area contributed by atoms with Gasteiger partial charge in [0.1, 0.15) is 11.4 Å². The van der Waals surface area contributed by atoms with Crippen molar-refractivity contribution in [3.8, 4) is 0 Å². The number of ketones is 1. The molecule has 0 amide bonds. The zero-order valence-electron chi connectivity index (χ0n) is 12.4. The van der Waals surface area contributed by atoms with Crippen molar-refractivity contribution >= 4 is 11.8 Å². The molecule has 0 bridgehead atoms. The van der Waals surface area contributed by atoms with Crippen molar-refractivity contribution in [1.29, 1.82) is 0 Å². The van der Waals surface area contributed by atoms with Crippen molar-refractivity contribution in [3.63, 3.8) is 0 Å². The minimum Gasteiger partial charge on any atom is -0.457 e. The van der Waals surface area contributed by atoms with Crippen LogP contribution in [-0.2, 0) is 14.3 Å². The first-order chi connectivity index (χ1) is 8.74. The van der Waals surface area contributed by atoms with Crippen LogP contribution < -0.4 is 0 Å². The second-order valence-electron chi connectivity index (χ2n) is 6.98. The van der Waals surface area contributed by atoms with Gasteiger partial charge in [-0.3, -0.25) is 4.79 Å². The Labute approximate surface area is 115 Å². The van der Waals surface area contributed by atoms with Gasteiger partial charge in [-0.25, -0.2) is 4.79 Å². The minimum atomic E-state index is -0.476. The average Bonchev–Trinajstić information content (AvgIpc) is 2.70. The fourth-order valence-corrected chi connectivity index (χ4v) is 3.25.